The normalized spacial score (nSPS) is 12.1. The number of rotatable bonds is 4. The van der Waals surface area contributed by atoms with E-state index in [2.05, 4.69) is 19.1 Å². The second kappa shape index (κ2) is 6.41. The van der Waals surface area contributed by atoms with Crippen molar-refractivity contribution < 1.29 is 14.6 Å². The van der Waals surface area contributed by atoms with Crippen LogP contribution in [-0.2, 0) is 22.4 Å². The highest BCUT2D eigenvalue weighted by Crippen LogP contribution is 2.28. The van der Waals surface area contributed by atoms with Gasteiger partial charge in [-0.1, -0.05) is 26.0 Å². The molecule has 1 rings (SSSR count). The van der Waals surface area contributed by atoms with Crippen molar-refractivity contribution in [2.24, 2.45) is 0 Å². The van der Waals surface area contributed by atoms with Crippen LogP contribution in [0.1, 0.15) is 43.0 Å². The smallest absolute Gasteiger partial charge is 0.341 e. The zero-order chi connectivity index (χ0) is 14.6. The van der Waals surface area contributed by atoms with Crippen LogP contribution in [0.15, 0.2) is 17.9 Å². The Kier molecular flexibility index (Phi) is 5.16. The lowest BCUT2D eigenvalue weighted by Crippen LogP contribution is -2.10. The summed E-state index contributed by atoms with van der Waals surface area (Å²) in [4.78, 5) is 11.9. The molecule has 0 saturated carbocycles. The quantitative estimate of drug-likeness (QED) is 0.512. The van der Waals surface area contributed by atoms with Gasteiger partial charge in [0, 0.05) is 0 Å². The molecule has 0 unspecified atom stereocenters. The molecule has 0 radical (unpaired) electrons. The van der Waals surface area contributed by atoms with Gasteiger partial charge >= 0.3 is 5.97 Å². The summed E-state index contributed by atoms with van der Waals surface area (Å²) in [5, 5.41) is 9.82. The first-order chi connectivity index (χ1) is 8.96. The fraction of sp³-hybridized carbons (Fsp3) is 0.438. The molecule has 1 N–H and O–H groups in total. The summed E-state index contributed by atoms with van der Waals surface area (Å²) in [5.74, 6) is -0.504. The molecule has 0 bridgehead atoms. The van der Waals surface area contributed by atoms with Crippen molar-refractivity contribution >= 4 is 11.5 Å². The predicted molar refractivity (Wildman–Crippen MR) is 77.2 cm³/mol. The fourth-order valence-corrected chi connectivity index (χ4v) is 2.31. The first-order valence-corrected chi connectivity index (χ1v) is 6.57. The zero-order valence-electron chi connectivity index (χ0n) is 12.3. The number of benzene rings is 1. The van der Waals surface area contributed by atoms with Crippen LogP contribution in [0, 0.1) is 6.92 Å². The number of hydrogen-bond donors (Lipinski definition) is 1. The Labute approximate surface area is 114 Å². The minimum absolute atomic E-state index is 0.00565. The third kappa shape index (κ3) is 3.16. The van der Waals surface area contributed by atoms with Gasteiger partial charge in [-0.15, -0.1) is 0 Å². The standard InChI is InChI=1S/C16H22O3/c1-6-12-8-10(3)14(13(7-2)9-12)15(11(4)17)16(18)19-5/h8-9,17H,6-7H2,1-5H3/b15-11+. The van der Waals surface area contributed by atoms with Gasteiger partial charge in [-0.2, -0.15) is 0 Å². The SMILES string of the molecule is CCc1cc(C)c(/C(C(=O)OC)=C(/C)O)c(CC)c1. The van der Waals surface area contributed by atoms with E-state index in [0.29, 0.717) is 0 Å². The summed E-state index contributed by atoms with van der Waals surface area (Å²) in [6.45, 7) is 7.61. The van der Waals surface area contributed by atoms with E-state index in [-0.39, 0.29) is 11.3 Å². The first kappa shape index (κ1) is 15.3. The van der Waals surface area contributed by atoms with Crippen LogP contribution in [0.25, 0.3) is 5.57 Å². The predicted octanol–water partition coefficient (Wildman–Crippen LogP) is 3.58. The third-order valence-corrected chi connectivity index (χ3v) is 3.27. The van der Waals surface area contributed by atoms with Gasteiger partial charge in [0.05, 0.1) is 7.11 Å². The largest absolute Gasteiger partial charge is 0.512 e. The van der Waals surface area contributed by atoms with Crippen molar-refractivity contribution in [2.45, 2.75) is 40.5 Å². The summed E-state index contributed by atoms with van der Waals surface area (Å²) < 4.78 is 4.78. The van der Waals surface area contributed by atoms with Crippen LogP contribution in [0.2, 0.25) is 0 Å². The first-order valence-electron chi connectivity index (χ1n) is 6.57. The number of aliphatic hydroxyl groups is 1. The summed E-state index contributed by atoms with van der Waals surface area (Å²) in [7, 11) is 1.33. The van der Waals surface area contributed by atoms with E-state index in [0.717, 1.165) is 29.5 Å². The Morgan fingerprint density at radius 2 is 1.89 bits per heavy atom. The molecule has 0 aliphatic rings. The summed E-state index contributed by atoms with van der Waals surface area (Å²) >= 11 is 0. The van der Waals surface area contributed by atoms with Gasteiger partial charge in [-0.25, -0.2) is 4.79 Å². The molecule has 1 aromatic rings. The highest BCUT2D eigenvalue weighted by Gasteiger charge is 2.21. The number of allylic oxidation sites excluding steroid dienone is 1. The molecule has 0 amide bonds. The molecule has 0 aromatic heterocycles. The van der Waals surface area contributed by atoms with E-state index in [1.807, 2.05) is 13.8 Å². The number of carbonyl (C=O) groups is 1. The average molecular weight is 262 g/mol. The zero-order valence-corrected chi connectivity index (χ0v) is 12.3. The average Bonchev–Trinajstić information content (AvgIpc) is 2.39. The van der Waals surface area contributed by atoms with Gasteiger partial charge in [0.2, 0.25) is 0 Å². The van der Waals surface area contributed by atoms with Crippen LogP contribution in [0.5, 0.6) is 0 Å². The summed E-state index contributed by atoms with van der Waals surface area (Å²) in [6, 6.07) is 4.15. The number of aryl methyl sites for hydroxylation is 3. The van der Waals surface area contributed by atoms with Gasteiger partial charge < -0.3 is 9.84 Å². The molecule has 0 heterocycles. The van der Waals surface area contributed by atoms with E-state index in [4.69, 9.17) is 4.74 Å². The topological polar surface area (TPSA) is 46.5 Å². The molecular formula is C16H22O3. The maximum atomic E-state index is 11.9. The molecule has 3 heteroatoms. The molecule has 0 saturated heterocycles. The minimum Gasteiger partial charge on any atom is -0.512 e. The van der Waals surface area contributed by atoms with Gasteiger partial charge in [-0.05, 0) is 48.9 Å². The second-order valence-corrected chi connectivity index (χ2v) is 4.61. The Morgan fingerprint density at radius 3 is 2.32 bits per heavy atom. The molecule has 0 spiro atoms. The highest BCUT2D eigenvalue weighted by atomic mass is 16.5. The van der Waals surface area contributed by atoms with Crippen molar-refractivity contribution in [3.05, 3.63) is 40.1 Å². The maximum absolute atomic E-state index is 11.9. The minimum atomic E-state index is -0.498. The van der Waals surface area contributed by atoms with Gasteiger partial charge in [0.1, 0.15) is 11.3 Å². The molecule has 0 aliphatic carbocycles. The van der Waals surface area contributed by atoms with Gasteiger partial charge in [0.15, 0.2) is 0 Å². The Bertz CT molecular complexity index is 509. The Morgan fingerprint density at radius 1 is 1.26 bits per heavy atom. The van der Waals surface area contributed by atoms with Gasteiger partial charge in [0.25, 0.3) is 0 Å². The molecule has 0 aliphatic heterocycles. The monoisotopic (exact) mass is 262 g/mol. The molecule has 0 atom stereocenters. The summed E-state index contributed by atoms with van der Waals surface area (Å²) in [6.07, 6.45) is 1.75. The lowest BCUT2D eigenvalue weighted by Gasteiger charge is -2.16. The van der Waals surface area contributed by atoms with Crippen molar-refractivity contribution in [1.82, 2.24) is 0 Å². The molecule has 0 fully saturated rings. The van der Waals surface area contributed by atoms with E-state index < -0.39 is 5.97 Å². The highest BCUT2D eigenvalue weighted by molar-refractivity contribution is 6.17. The van der Waals surface area contributed by atoms with Crippen molar-refractivity contribution in [2.75, 3.05) is 7.11 Å². The van der Waals surface area contributed by atoms with Crippen LogP contribution >= 0.6 is 0 Å². The molecule has 1 aromatic carbocycles. The number of esters is 1. The lowest BCUT2D eigenvalue weighted by molar-refractivity contribution is -0.133. The van der Waals surface area contributed by atoms with E-state index in [1.54, 1.807) is 0 Å². The van der Waals surface area contributed by atoms with Gasteiger partial charge in [-0.3, -0.25) is 0 Å². The third-order valence-electron chi connectivity index (χ3n) is 3.27. The molecule has 3 nitrogen and oxygen atoms in total. The summed E-state index contributed by atoms with van der Waals surface area (Å²) in [5.41, 5.74) is 4.35. The molecule has 104 valence electrons. The lowest BCUT2D eigenvalue weighted by atomic mass is 9.90. The van der Waals surface area contributed by atoms with E-state index in [1.165, 1.54) is 19.6 Å². The van der Waals surface area contributed by atoms with Crippen LogP contribution in [0.4, 0.5) is 0 Å². The number of methoxy groups -OCH3 is 1. The fourth-order valence-electron chi connectivity index (χ4n) is 2.31. The van der Waals surface area contributed by atoms with Crippen molar-refractivity contribution in [3.63, 3.8) is 0 Å². The number of ether oxygens (including phenoxy) is 1. The second-order valence-electron chi connectivity index (χ2n) is 4.61. The van der Waals surface area contributed by atoms with E-state index in [9.17, 15) is 9.90 Å². The number of carbonyl (C=O) groups excluding carboxylic acids is 1. The van der Waals surface area contributed by atoms with Crippen molar-refractivity contribution in [3.8, 4) is 0 Å². The van der Waals surface area contributed by atoms with Crippen molar-refractivity contribution in [1.29, 1.82) is 0 Å². The van der Waals surface area contributed by atoms with Crippen LogP contribution in [-0.4, -0.2) is 18.2 Å². The Balaban J connectivity index is 3.56. The number of hydrogen-bond acceptors (Lipinski definition) is 3. The molecule has 19 heavy (non-hydrogen) atoms. The number of aliphatic hydroxyl groups excluding tert-OH is 1. The Hall–Kier alpha value is -1.77. The van der Waals surface area contributed by atoms with Crippen LogP contribution < -0.4 is 0 Å². The molecular weight excluding hydrogens is 240 g/mol. The maximum Gasteiger partial charge on any atom is 0.341 e. The van der Waals surface area contributed by atoms with E-state index >= 15 is 0 Å². The van der Waals surface area contributed by atoms with Crippen LogP contribution in [0.3, 0.4) is 0 Å².